The zero-order valence-corrected chi connectivity index (χ0v) is 13.9. The lowest BCUT2D eigenvalue weighted by Crippen LogP contribution is -2.49. The average molecular weight is 346 g/mol. The summed E-state index contributed by atoms with van der Waals surface area (Å²) in [6.45, 7) is -0.842. The number of carbonyl (C=O) groups excluding carboxylic acids is 1. The van der Waals surface area contributed by atoms with Gasteiger partial charge in [0.2, 0.25) is 0 Å². The van der Waals surface area contributed by atoms with Gasteiger partial charge < -0.3 is 14.5 Å². The Morgan fingerprint density at radius 1 is 1.12 bits per heavy atom. The molecule has 0 aromatic heterocycles. The number of ether oxygens (including phenoxy) is 1. The van der Waals surface area contributed by atoms with Crippen LogP contribution < -0.4 is 4.74 Å². The first-order valence-corrected chi connectivity index (χ1v) is 8.14. The number of rotatable bonds is 4. The second kappa shape index (κ2) is 7.61. The molecule has 1 aliphatic rings. The fourth-order valence-corrected chi connectivity index (χ4v) is 3.09. The van der Waals surface area contributed by atoms with E-state index in [1.165, 1.54) is 12.1 Å². The Balaban J connectivity index is 1.86. The molecule has 3 rings (SSSR count). The summed E-state index contributed by atoms with van der Waals surface area (Å²) < 4.78 is 29.2. The second-order valence-electron chi connectivity index (χ2n) is 6.09. The van der Waals surface area contributed by atoms with Crippen LogP contribution in [0.5, 0.6) is 5.75 Å². The summed E-state index contributed by atoms with van der Waals surface area (Å²) >= 11 is 0. The van der Waals surface area contributed by atoms with Gasteiger partial charge in [0.05, 0.1) is 6.04 Å². The summed E-state index contributed by atoms with van der Waals surface area (Å²) in [7, 11) is 2.02. The Kier molecular flexibility index (Phi) is 5.28. The number of nitrogens with zero attached hydrogens (tertiary/aromatic N) is 2. The summed E-state index contributed by atoms with van der Waals surface area (Å²) in [6.07, 6.45) is 0. The van der Waals surface area contributed by atoms with Crippen LogP contribution in [0, 0.1) is 0 Å². The first-order chi connectivity index (χ1) is 12.0. The summed E-state index contributed by atoms with van der Waals surface area (Å²) in [4.78, 5) is 17.0. The molecule has 6 heteroatoms. The van der Waals surface area contributed by atoms with Gasteiger partial charge in [0.25, 0.3) is 5.91 Å². The largest absolute Gasteiger partial charge is 0.435 e. The van der Waals surface area contributed by atoms with E-state index in [1.807, 2.05) is 37.4 Å². The van der Waals surface area contributed by atoms with Crippen molar-refractivity contribution in [2.24, 2.45) is 0 Å². The van der Waals surface area contributed by atoms with Crippen molar-refractivity contribution < 1.29 is 18.3 Å². The van der Waals surface area contributed by atoms with E-state index in [9.17, 15) is 13.6 Å². The maximum Gasteiger partial charge on any atom is 0.387 e. The zero-order valence-electron chi connectivity index (χ0n) is 13.9. The number of hydrogen-bond donors (Lipinski definition) is 0. The van der Waals surface area contributed by atoms with E-state index in [0.717, 1.165) is 18.7 Å². The molecule has 25 heavy (non-hydrogen) atoms. The van der Waals surface area contributed by atoms with Gasteiger partial charge in [-0.2, -0.15) is 8.78 Å². The lowest BCUT2D eigenvalue weighted by atomic mass is 10.0. The van der Waals surface area contributed by atoms with Gasteiger partial charge >= 0.3 is 6.61 Å². The molecule has 1 saturated heterocycles. The molecule has 2 aromatic rings. The Hall–Kier alpha value is -2.47. The molecule has 0 bridgehead atoms. The van der Waals surface area contributed by atoms with Crippen molar-refractivity contribution in [3.05, 3.63) is 65.7 Å². The zero-order chi connectivity index (χ0) is 17.8. The minimum Gasteiger partial charge on any atom is -0.435 e. The van der Waals surface area contributed by atoms with Crippen molar-refractivity contribution in [3.63, 3.8) is 0 Å². The van der Waals surface area contributed by atoms with Crippen molar-refractivity contribution in [2.75, 3.05) is 26.7 Å². The average Bonchev–Trinajstić information content (AvgIpc) is 2.61. The van der Waals surface area contributed by atoms with Crippen LogP contribution >= 0.6 is 0 Å². The number of hydrogen-bond acceptors (Lipinski definition) is 3. The Labute approximate surface area is 145 Å². The van der Waals surface area contributed by atoms with Crippen LogP contribution in [0.15, 0.2) is 54.6 Å². The maximum absolute atomic E-state index is 13.0. The quantitative estimate of drug-likeness (QED) is 0.850. The fraction of sp³-hybridized carbons (Fsp3) is 0.316. The van der Waals surface area contributed by atoms with Gasteiger partial charge in [-0.1, -0.05) is 36.4 Å². The predicted octanol–water partition coefficient (Wildman–Crippen LogP) is 3.42. The number of piperazine rings is 1. The molecule has 0 aliphatic carbocycles. The molecule has 2 aromatic carbocycles. The molecule has 1 amide bonds. The highest BCUT2D eigenvalue weighted by Gasteiger charge is 2.30. The van der Waals surface area contributed by atoms with Crippen molar-refractivity contribution in [3.8, 4) is 5.75 Å². The van der Waals surface area contributed by atoms with E-state index in [1.54, 1.807) is 17.0 Å². The molecule has 4 nitrogen and oxygen atoms in total. The molecule has 1 fully saturated rings. The van der Waals surface area contributed by atoms with Crippen LogP contribution in [0.4, 0.5) is 8.78 Å². The van der Waals surface area contributed by atoms with Crippen molar-refractivity contribution >= 4 is 5.91 Å². The summed E-state index contributed by atoms with van der Waals surface area (Å²) in [5.74, 6) is -0.187. The van der Waals surface area contributed by atoms with Gasteiger partial charge in [0.1, 0.15) is 5.75 Å². The molecule has 1 aliphatic heterocycles. The minimum absolute atomic E-state index is 0.00811. The molecule has 0 radical (unpaired) electrons. The number of alkyl halides is 2. The van der Waals surface area contributed by atoms with E-state index in [0.29, 0.717) is 12.1 Å². The molecule has 0 spiro atoms. The topological polar surface area (TPSA) is 32.8 Å². The highest BCUT2D eigenvalue weighted by atomic mass is 19.3. The number of halogens is 2. The number of carbonyl (C=O) groups is 1. The van der Waals surface area contributed by atoms with E-state index >= 15 is 0 Å². The highest BCUT2D eigenvalue weighted by molar-refractivity contribution is 5.95. The Bertz CT molecular complexity index is 724. The van der Waals surface area contributed by atoms with Crippen molar-refractivity contribution in [2.45, 2.75) is 12.7 Å². The van der Waals surface area contributed by atoms with Gasteiger partial charge in [0.15, 0.2) is 0 Å². The van der Waals surface area contributed by atoms with Gasteiger partial charge in [-0.05, 0) is 30.8 Å². The van der Waals surface area contributed by atoms with Crippen LogP contribution in [0.25, 0.3) is 0 Å². The Morgan fingerprint density at radius 3 is 2.60 bits per heavy atom. The molecule has 1 atom stereocenters. The van der Waals surface area contributed by atoms with E-state index in [4.69, 9.17) is 0 Å². The second-order valence-corrected chi connectivity index (χ2v) is 6.09. The monoisotopic (exact) mass is 346 g/mol. The summed E-state index contributed by atoms with van der Waals surface area (Å²) in [5.41, 5.74) is 1.41. The first-order valence-electron chi connectivity index (χ1n) is 8.14. The predicted molar refractivity (Wildman–Crippen MR) is 90.8 cm³/mol. The summed E-state index contributed by atoms with van der Waals surface area (Å²) in [6, 6.07) is 15.7. The molecular formula is C19H20F2N2O2. The molecule has 1 heterocycles. The highest BCUT2D eigenvalue weighted by Crippen LogP contribution is 2.27. The van der Waals surface area contributed by atoms with Crippen molar-refractivity contribution in [1.82, 2.24) is 9.80 Å². The normalized spacial score (nSPS) is 18.4. The molecular weight excluding hydrogens is 326 g/mol. The standard InChI is InChI=1S/C19H20F2N2O2/c1-22-10-11-23(17(13-22)14-6-3-2-4-7-14)18(24)15-8-5-9-16(12-15)25-19(20)21/h2-9,12,17,19H,10-11,13H2,1H3. The number of amides is 1. The fourth-order valence-electron chi connectivity index (χ4n) is 3.09. The maximum atomic E-state index is 13.0. The third kappa shape index (κ3) is 4.14. The van der Waals surface area contributed by atoms with Crippen LogP contribution in [-0.2, 0) is 0 Å². The molecule has 1 unspecified atom stereocenters. The van der Waals surface area contributed by atoms with Gasteiger partial charge in [0, 0.05) is 25.2 Å². The van der Waals surface area contributed by atoms with Gasteiger partial charge in [-0.25, -0.2) is 0 Å². The van der Waals surface area contributed by atoms with Gasteiger partial charge in [-0.3, -0.25) is 4.79 Å². The first kappa shape index (κ1) is 17.4. The van der Waals surface area contributed by atoms with Crippen LogP contribution in [0.2, 0.25) is 0 Å². The van der Waals surface area contributed by atoms with Crippen LogP contribution in [0.1, 0.15) is 22.0 Å². The van der Waals surface area contributed by atoms with E-state index in [2.05, 4.69) is 9.64 Å². The van der Waals surface area contributed by atoms with Crippen LogP contribution in [-0.4, -0.2) is 49.0 Å². The number of benzene rings is 2. The molecule has 0 saturated carbocycles. The minimum atomic E-state index is -2.91. The Morgan fingerprint density at radius 2 is 1.88 bits per heavy atom. The molecule has 0 N–H and O–H groups in total. The lowest BCUT2D eigenvalue weighted by molar-refractivity contribution is -0.0499. The molecule has 132 valence electrons. The summed E-state index contributed by atoms with van der Waals surface area (Å²) in [5, 5.41) is 0. The van der Waals surface area contributed by atoms with Gasteiger partial charge in [-0.15, -0.1) is 0 Å². The third-order valence-electron chi connectivity index (χ3n) is 4.33. The third-order valence-corrected chi connectivity index (χ3v) is 4.33. The van der Waals surface area contributed by atoms with Crippen molar-refractivity contribution in [1.29, 1.82) is 0 Å². The SMILES string of the molecule is CN1CCN(C(=O)c2cccc(OC(F)F)c2)C(c2ccccc2)C1. The van der Waals surface area contributed by atoms with E-state index < -0.39 is 6.61 Å². The lowest BCUT2D eigenvalue weighted by Gasteiger charge is -2.40. The van der Waals surface area contributed by atoms with Crippen LogP contribution in [0.3, 0.4) is 0 Å². The smallest absolute Gasteiger partial charge is 0.387 e. The van der Waals surface area contributed by atoms with E-state index in [-0.39, 0.29) is 17.7 Å². The number of likely N-dealkylation sites (N-methyl/N-ethyl adjacent to an activating group) is 1.